The van der Waals surface area contributed by atoms with Crippen LogP contribution in [0.2, 0.25) is 0 Å². The average molecular weight is 342 g/mol. The Labute approximate surface area is 144 Å². The zero-order chi connectivity index (χ0) is 16.9. The highest BCUT2D eigenvalue weighted by atomic mass is 32.1. The van der Waals surface area contributed by atoms with Crippen LogP contribution in [0.3, 0.4) is 0 Å². The molecule has 0 bridgehead atoms. The van der Waals surface area contributed by atoms with Crippen molar-refractivity contribution in [3.05, 3.63) is 58.8 Å². The maximum absolute atomic E-state index is 12.2. The van der Waals surface area contributed by atoms with Crippen molar-refractivity contribution in [1.82, 2.24) is 10.3 Å². The number of nitrogens with zero attached hydrogens (tertiary/aromatic N) is 1. The number of amides is 1. The molecule has 0 saturated heterocycles. The molecule has 124 valence electrons. The zero-order valence-electron chi connectivity index (χ0n) is 13.5. The van der Waals surface area contributed by atoms with E-state index in [1.807, 2.05) is 48.7 Å². The van der Waals surface area contributed by atoms with Gasteiger partial charge in [0.05, 0.1) is 24.1 Å². The second kappa shape index (κ2) is 7.31. The number of aromatic nitrogens is 1. The molecule has 6 heteroatoms. The Bertz CT molecular complexity index is 825. The molecular weight excluding hydrogens is 324 g/mol. The largest absolute Gasteiger partial charge is 0.497 e. The summed E-state index contributed by atoms with van der Waals surface area (Å²) < 4.78 is 10.8. The van der Waals surface area contributed by atoms with E-state index < -0.39 is 0 Å². The number of benzene rings is 1. The van der Waals surface area contributed by atoms with Gasteiger partial charge in [0.15, 0.2) is 0 Å². The second-order valence-electron chi connectivity index (χ2n) is 5.30. The lowest BCUT2D eigenvalue weighted by atomic mass is 10.2. The summed E-state index contributed by atoms with van der Waals surface area (Å²) in [5.41, 5.74) is 1.65. The van der Waals surface area contributed by atoms with E-state index in [1.54, 1.807) is 18.4 Å². The van der Waals surface area contributed by atoms with E-state index in [2.05, 4.69) is 10.3 Å². The number of thiophene rings is 1. The molecular formula is C18H18N2O3S. The van der Waals surface area contributed by atoms with Crippen LogP contribution >= 0.6 is 11.3 Å². The molecule has 1 aromatic carbocycles. The van der Waals surface area contributed by atoms with Crippen molar-refractivity contribution >= 4 is 17.2 Å². The Kier molecular flexibility index (Phi) is 4.96. The molecule has 3 aromatic rings. The van der Waals surface area contributed by atoms with Gasteiger partial charge in [0.25, 0.3) is 0 Å². The van der Waals surface area contributed by atoms with Crippen LogP contribution in [0.15, 0.2) is 46.2 Å². The minimum Gasteiger partial charge on any atom is -0.497 e. The lowest BCUT2D eigenvalue weighted by Gasteiger charge is -2.06. The molecule has 0 saturated carbocycles. The highest BCUT2D eigenvalue weighted by Gasteiger charge is 2.15. The van der Waals surface area contributed by atoms with Crippen molar-refractivity contribution in [1.29, 1.82) is 0 Å². The number of methoxy groups -OCH3 is 1. The van der Waals surface area contributed by atoms with Crippen LogP contribution in [-0.4, -0.2) is 18.0 Å². The number of oxazole rings is 1. The molecule has 3 rings (SSSR count). The van der Waals surface area contributed by atoms with Gasteiger partial charge in [0, 0.05) is 6.54 Å². The van der Waals surface area contributed by atoms with Gasteiger partial charge in [0.2, 0.25) is 11.8 Å². The summed E-state index contributed by atoms with van der Waals surface area (Å²) in [7, 11) is 1.62. The van der Waals surface area contributed by atoms with Crippen LogP contribution < -0.4 is 10.1 Å². The molecule has 0 unspecified atom stereocenters. The molecule has 1 N–H and O–H groups in total. The van der Waals surface area contributed by atoms with Crippen molar-refractivity contribution in [3.63, 3.8) is 0 Å². The first-order valence-corrected chi connectivity index (χ1v) is 8.43. The van der Waals surface area contributed by atoms with Gasteiger partial charge in [-0.25, -0.2) is 4.98 Å². The van der Waals surface area contributed by atoms with Crippen molar-refractivity contribution in [2.45, 2.75) is 19.9 Å². The lowest BCUT2D eigenvalue weighted by Crippen LogP contribution is -2.24. The van der Waals surface area contributed by atoms with Crippen LogP contribution in [0.25, 0.3) is 10.8 Å². The summed E-state index contributed by atoms with van der Waals surface area (Å²) >= 11 is 1.56. The number of rotatable bonds is 6. The van der Waals surface area contributed by atoms with E-state index in [1.165, 1.54) is 0 Å². The van der Waals surface area contributed by atoms with E-state index in [4.69, 9.17) is 9.15 Å². The third-order valence-corrected chi connectivity index (χ3v) is 4.43. The van der Waals surface area contributed by atoms with Crippen molar-refractivity contribution in [2.24, 2.45) is 0 Å². The Balaban J connectivity index is 1.60. The smallest absolute Gasteiger partial charge is 0.236 e. The molecule has 0 aliphatic rings. The quantitative estimate of drug-likeness (QED) is 0.744. The second-order valence-corrected chi connectivity index (χ2v) is 6.25. The van der Waals surface area contributed by atoms with E-state index in [0.29, 0.717) is 23.9 Å². The van der Waals surface area contributed by atoms with Crippen molar-refractivity contribution in [2.75, 3.05) is 7.11 Å². The Morgan fingerprint density at radius 3 is 2.96 bits per heavy atom. The Morgan fingerprint density at radius 1 is 1.33 bits per heavy atom. The summed E-state index contributed by atoms with van der Waals surface area (Å²) in [5.74, 6) is 1.93. The predicted molar refractivity (Wildman–Crippen MR) is 93.1 cm³/mol. The minimum atomic E-state index is -0.0908. The molecule has 0 radical (unpaired) electrons. The van der Waals surface area contributed by atoms with E-state index in [-0.39, 0.29) is 12.3 Å². The van der Waals surface area contributed by atoms with Crippen LogP contribution in [0.1, 0.15) is 17.0 Å². The summed E-state index contributed by atoms with van der Waals surface area (Å²) in [4.78, 5) is 17.6. The fraction of sp³-hybridized carbons (Fsp3) is 0.222. The maximum Gasteiger partial charge on any atom is 0.236 e. The van der Waals surface area contributed by atoms with Crippen LogP contribution in [0.5, 0.6) is 5.75 Å². The van der Waals surface area contributed by atoms with Gasteiger partial charge in [-0.3, -0.25) is 4.79 Å². The monoisotopic (exact) mass is 342 g/mol. The zero-order valence-corrected chi connectivity index (χ0v) is 14.4. The fourth-order valence-corrected chi connectivity index (χ4v) is 2.94. The van der Waals surface area contributed by atoms with Crippen molar-refractivity contribution in [3.8, 4) is 16.5 Å². The van der Waals surface area contributed by atoms with Crippen LogP contribution in [0.4, 0.5) is 0 Å². The molecule has 0 fully saturated rings. The first-order valence-electron chi connectivity index (χ1n) is 7.55. The number of carbonyl (C=O) groups excluding carboxylic acids is 1. The summed E-state index contributed by atoms with van der Waals surface area (Å²) in [6.45, 7) is 2.28. The van der Waals surface area contributed by atoms with Crippen molar-refractivity contribution < 1.29 is 13.9 Å². The molecule has 2 aromatic heterocycles. The third kappa shape index (κ3) is 3.83. The number of carbonyl (C=O) groups is 1. The summed E-state index contributed by atoms with van der Waals surface area (Å²) in [6.07, 6.45) is 0.199. The molecule has 2 heterocycles. The number of aryl methyl sites for hydroxylation is 1. The minimum absolute atomic E-state index is 0.0908. The lowest BCUT2D eigenvalue weighted by molar-refractivity contribution is -0.120. The molecule has 24 heavy (non-hydrogen) atoms. The van der Waals surface area contributed by atoms with Gasteiger partial charge in [0.1, 0.15) is 11.5 Å². The SMILES string of the molecule is COc1cccc(CNC(=O)Cc2nc(-c3cccs3)oc2C)c1. The standard InChI is InChI=1S/C18H18N2O3S/c1-12-15(20-18(23-12)16-7-4-8-24-16)10-17(21)19-11-13-5-3-6-14(9-13)22-2/h3-9H,10-11H2,1-2H3,(H,19,21). The summed E-state index contributed by atoms with van der Waals surface area (Å²) in [6, 6.07) is 11.5. The molecule has 0 aliphatic heterocycles. The Morgan fingerprint density at radius 2 is 2.21 bits per heavy atom. The molecule has 0 spiro atoms. The number of hydrogen-bond acceptors (Lipinski definition) is 5. The maximum atomic E-state index is 12.2. The molecule has 5 nitrogen and oxygen atoms in total. The normalized spacial score (nSPS) is 10.6. The molecule has 0 atom stereocenters. The highest BCUT2D eigenvalue weighted by molar-refractivity contribution is 7.13. The van der Waals surface area contributed by atoms with Gasteiger partial charge < -0.3 is 14.5 Å². The van der Waals surface area contributed by atoms with Gasteiger partial charge in [-0.1, -0.05) is 18.2 Å². The number of ether oxygens (including phenoxy) is 1. The molecule has 1 amide bonds. The van der Waals surface area contributed by atoms with Gasteiger partial charge in [-0.15, -0.1) is 11.3 Å². The third-order valence-electron chi connectivity index (χ3n) is 3.58. The topological polar surface area (TPSA) is 64.4 Å². The van der Waals surface area contributed by atoms with E-state index >= 15 is 0 Å². The van der Waals surface area contributed by atoms with Crippen LogP contribution in [0, 0.1) is 6.92 Å². The van der Waals surface area contributed by atoms with E-state index in [0.717, 1.165) is 16.2 Å². The number of hydrogen-bond donors (Lipinski definition) is 1. The first kappa shape index (κ1) is 16.3. The first-order chi connectivity index (χ1) is 11.7. The predicted octanol–water partition coefficient (Wildman–Crippen LogP) is 3.58. The van der Waals surface area contributed by atoms with Gasteiger partial charge in [-0.05, 0) is 36.1 Å². The highest BCUT2D eigenvalue weighted by Crippen LogP contribution is 2.26. The average Bonchev–Trinajstić information content (AvgIpc) is 3.24. The van der Waals surface area contributed by atoms with Gasteiger partial charge >= 0.3 is 0 Å². The molecule has 0 aliphatic carbocycles. The Hall–Kier alpha value is -2.60. The van der Waals surface area contributed by atoms with Crippen LogP contribution in [-0.2, 0) is 17.8 Å². The fourth-order valence-electron chi connectivity index (χ4n) is 2.30. The van der Waals surface area contributed by atoms with Gasteiger partial charge in [-0.2, -0.15) is 0 Å². The van der Waals surface area contributed by atoms with E-state index in [9.17, 15) is 4.79 Å². The summed E-state index contributed by atoms with van der Waals surface area (Å²) in [5, 5.41) is 4.86. The number of nitrogens with one attached hydrogen (secondary N) is 1.